The number of ether oxygens (including phenoxy) is 1. The molecule has 130 valence electrons. The van der Waals surface area contributed by atoms with E-state index in [0.29, 0.717) is 12.3 Å². The van der Waals surface area contributed by atoms with Gasteiger partial charge in [0.1, 0.15) is 6.04 Å². The number of rotatable bonds is 8. The number of aromatic nitrogens is 2. The molecule has 0 bridgehead atoms. The fourth-order valence-corrected chi connectivity index (χ4v) is 2.14. The summed E-state index contributed by atoms with van der Waals surface area (Å²) < 4.78 is 38.8. The zero-order valence-electron chi connectivity index (χ0n) is 13.5. The highest BCUT2D eigenvalue weighted by Gasteiger charge is 2.49. The quantitative estimate of drug-likeness (QED) is 0.745. The van der Waals surface area contributed by atoms with Gasteiger partial charge in [0.15, 0.2) is 0 Å². The lowest BCUT2D eigenvalue weighted by atomic mass is 10.0. The van der Waals surface area contributed by atoms with Crippen LogP contribution in [0.5, 0.6) is 0 Å². The van der Waals surface area contributed by atoms with Gasteiger partial charge in [-0.15, -0.1) is 10.2 Å². The van der Waals surface area contributed by atoms with Gasteiger partial charge in [-0.2, -0.15) is 8.78 Å². The van der Waals surface area contributed by atoms with Crippen LogP contribution in [0, 0.1) is 0 Å². The second-order valence-electron chi connectivity index (χ2n) is 5.01. The highest BCUT2D eigenvalue weighted by molar-refractivity contribution is 5.79. The molecule has 0 amide bonds. The molecule has 0 aliphatic heterocycles. The summed E-state index contributed by atoms with van der Waals surface area (Å²) in [4.78, 5) is 11.7. The largest absolute Gasteiger partial charge is 0.462 e. The van der Waals surface area contributed by atoms with Crippen molar-refractivity contribution < 1.29 is 22.7 Å². The van der Waals surface area contributed by atoms with Gasteiger partial charge in [0.05, 0.1) is 13.2 Å². The van der Waals surface area contributed by atoms with Gasteiger partial charge in [-0.05, 0) is 12.5 Å². The predicted molar refractivity (Wildman–Crippen MR) is 81.3 cm³/mol. The van der Waals surface area contributed by atoms with E-state index in [-0.39, 0.29) is 24.6 Å². The van der Waals surface area contributed by atoms with Crippen molar-refractivity contribution >= 4 is 5.97 Å². The Morgan fingerprint density at radius 1 is 1.25 bits per heavy atom. The van der Waals surface area contributed by atoms with E-state index in [4.69, 9.17) is 4.42 Å². The topological polar surface area (TPSA) is 77.2 Å². The number of benzene rings is 1. The highest BCUT2D eigenvalue weighted by atomic mass is 19.3. The molecule has 0 aliphatic rings. The number of carbonyl (C=O) groups is 1. The molecule has 1 aromatic heterocycles. The predicted octanol–water partition coefficient (Wildman–Crippen LogP) is 2.66. The number of alkyl halides is 2. The van der Waals surface area contributed by atoms with Crippen LogP contribution >= 0.6 is 0 Å². The molecular formula is C16H19F2N3O3. The number of hydrogen-bond donors (Lipinski definition) is 1. The second-order valence-corrected chi connectivity index (χ2v) is 5.01. The Bertz CT molecular complexity index is 662. The summed E-state index contributed by atoms with van der Waals surface area (Å²) in [6.07, 6.45) is 0.550. The van der Waals surface area contributed by atoms with Crippen molar-refractivity contribution in [2.45, 2.75) is 38.8 Å². The van der Waals surface area contributed by atoms with Crippen LogP contribution in [0.25, 0.3) is 0 Å². The summed E-state index contributed by atoms with van der Waals surface area (Å²) in [6, 6.07) is 6.39. The van der Waals surface area contributed by atoms with Crippen LogP contribution in [-0.4, -0.2) is 28.7 Å². The van der Waals surface area contributed by atoms with Crippen LogP contribution in [0.1, 0.15) is 37.2 Å². The van der Waals surface area contributed by atoms with Crippen LogP contribution in [0.2, 0.25) is 0 Å². The van der Waals surface area contributed by atoms with E-state index in [1.807, 2.05) is 6.92 Å². The molecule has 24 heavy (non-hydrogen) atoms. The standard InChI is InChI=1S/C16H19F2N3O3/c1-3-12-20-21-13(24-12)10-19-14(11-8-6-5-7-9-11)16(17,18)15(22)23-4-2/h5-9,14,19H,3-4,10H2,1-2H3/t14-/m1/s1. The van der Waals surface area contributed by atoms with E-state index >= 15 is 0 Å². The molecule has 1 atom stereocenters. The average Bonchev–Trinajstić information content (AvgIpc) is 3.04. The second kappa shape index (κ2) is 7.96. The minimum atomic E-state index is -3.75. The van der Waals surface area contributed by atoms with E-state index in [0.717, 1.165) is 0 Å². The third-order valence-corrected chi connectivity index (χ3v) is 3.31. The number of hydrogen-bond acceptors (Lipinski definition) is 6. The van der Waals surface area contributed by atoms with E-state index < -0.39 is 17.9 Å². The van der Waals surface area contributed by atoms with E-state index in [1.54, 1.807) is 18.2 Å². The SMILES string of the molecule is CCOC(=O)C(F)(F)[C@H](NCc1nnc(CC)o1)c1ccccc1. The first-order valence-corrected chi connectivity index (χ1v) is 7.63. The Morgan fingerprint density at radius 3 is 2.50 bits per heavy atom. The third-order valence-electron chi connectivity index (χ3n) is 3.31. The Hall–Kier alpha value is -2.35. The first kappa shape index (κ1) is 18.0. The summed E-state index contributed by atoms with van der Waals surface area (Å²) in [5.41, 5.74) is 0.255. The van der Waals surface area contributed by atoms with Gasteiger partial charge in [-0.1, -0.05) is 37.3 Å². The van der Waals surface area contributed by atoms with Crippen LogP contribution in [-0.2, 0) is 22.5 Å². The van der Waals surface area contributed by atoms with Crippen molar-refractivity contribution in [3.63, 3.8) is 0 Å². The van der Waals surface area contributed by atoms with Crippen molar-refractivity contribution in [3.8, 4) is 0 Å². The molecule has 2 aromatic rings. The van der Waals surface area contributed by atoms with Crippen LogP contribution in [0.3, 0.4) is 0 Å². The van der Waals surface area contributed by atoms with Gasteiger partial charge in [0.25, 0.3) is 0 Å². The zero-order valence-corrected chi connectivity index (χ0v) is 13.5. The summed E-state index contributed by atoms with van der Waals surface area (Å²) in [5.74, 6) is -4.73. The molecule has 0 saturated carbocycles. The molecule has 0 aliphatic carbocycles. The fraction of sp³-hybridized carbons (Fsp3) is 0.438. The molecule has 1 heterocycles. The number of nitrogens with zero attached hydrogens (tertiary/aromatic N) is 2. The molecule has 6 nitrogen and oxygen atoms in total. The molecule has 1 aromatic carbocycles. The van der Waals surface area contributed by atoms with Crippen LogP contribution in [0.15, 0.2) is 34.7 Å². The minimum Gasteiger partial charge on any atom is -0.462 e. The average molecular weight is 339 g/mol. The van der Waals surface area contributed by atoms with Crippen molar-refractivity contribution in [3.05, 3.63) is 47.7 Å². The van der Waals surface area contributed by atoms with Crippen molar-refractivity contribution in [2.24, 2.45) is 0 Å². The van der Waals surface area contributed by atoms with Gasteiger partial charge in [-0.3, -0.25) is 5.32 Å². The lowest BCUT2D eigenvalue weighted by Crippen LogP contribution is -2.44. The number of nitrogens with one attached hydrogen (secondary N) is 1. The van der Waals surface area contributed by atoms with Gasteiger partial charge in [0.2, 0.25) is 11.8 Å². The number of carbonyl (C=O) groups excluding carboxylic acids is 1. The molecule has 0 spiro atoms. The minimum absolute atomic E-state index is 0.0957. The first-order chi connectivity index (χ1) is 11.5. The Morgan fingerprint density at radius 2 is 1.92 bits per heavy atom. The Labute approximate surface area is 138 Å². The van der Waals surface area contributed by atoms with E-state index in [9.17, 15) is 13.6 Å². The van der Waals surface area contributed by atoms with Crippen molar-refractivity contribution in [1.82, 2.24) is 15.5 Å². The molecule has 0 fully saturated rings. The molecule has 8 heteroatoms. The van der Waals surface area contributed by atoms with Crippen molar-refractivity contribution in [1.29, 1.82) is 0 Å². The maximum absolute atomic E-state index is 14.5. The van der Waals surface area contributed by atoms with Gasteiger partial charge in [0, 0.05) is 6.42 Å². The molecule has 0 saturated heterocycles. The molecule has 0 unspecified atom stereocenters. The monoisotopic (exact) mass is 339 g/mol. The van der Waals surface area contributed by atoms with E-state index in [1.165, 1.54) is 19.1 Å². The lowest BCUT2D eigenvalue weighted by Gasteiger charge is -2.26. The maximum Gasteiger partial charge on any atom is 0.379 e. The highest BCUT2D eigenvalue weighted by Crippen LogP contribution is 2.33. The number of aryl methyl sites for hydroxylation is 1. The summed E-state index contributed by atoms with van der Waals surface area (Å²) in [7, 11) is 0. The maximum atomic E-state index is 14.5. The van der Waals surface area contributed by atoms with Gasteiger partial charge in [-0.25, -0.2) is 4.79 Å². The number of halogens is 2. The summed E-state index contributed by atoms with van der Waals surface area (Å²) in [5, 5.41) is 10.2. The molecule has 2 rings (SSSR count). The zero-order chi connectivity index (χ0) is 17.6. The van der Waals surface area contributed by atoms with Crippen molar-refractivity contribution in [2.75, 3.05) is 6.61 Å². The normalized spacial score (nSPS) is 12.8. The fourth-order valence-electron chi connectivity index (χ4n) is 2.14. The Kier molecular flexibility index (Phi) is 5.97. The van der Waals surface area contributed by atoms with Gasteiger partial charge >= 0.3 is 11.9 Å². The Balaban J connectivity index is 2.21. The summed E-state index contributed by atoms with van der Waals surface area (Å²) in [6.45, 7) is 3.09. The van der Waals surface area contributed by atoms with Crippen LogP contribution in [0.4, 0.5) is 8.78 Å². The summed E-state index contributed by atoms with van der Waals surface area (Å²) >= 11 is 0. The number of esters is 1. The van der Waals surface area contributed by atoms with Gasteiger partial charge < -0.3 is 9.15 Å². The lowest BCUT2D eigenvalue weighted by molar-refractivity contribution is -0.176. The molecule has 0 radical (unpaired) electrons. The first-order valence-electron chi connectivity index (χ1n) is 7.63. The molecule has 1 N–H and O–H groups in total. The van der Waals surface area contributed by atoms with Crippen LogP contribution < -0.4 is 5.32 Å². The van der Waals surface area contributed by atoms with E-state index in [2.05, 4.69) is 20.3 Å². The third kappa shape index (κ3) is 4.14. The molecular weight excluding hydrogens is 320 g/mol. The smallest absolute Gasteiger partial charge is 0.379 e.